The molecule has 0 aliphatic rings. The van der Waals surface area contributed by atoms with Crippen LogP contribution in [0.2, 0.25) is 0 Å². The molecule has 1 heterocycles. The van der Waals surface area contributed by atoms with Crippen LogP contribution < -0.4 is 5.32 Å². The van der Waals surface area contributed by atoms with Crippen LogP contribution in [0.3, 0.4) is 0 Å². The largest absolute Gasteiger partial charge is 0.394 e. The number of nitrogens with one attached hydrogen (secondary N) is 1. The lowest BCUT2D eigenvalue weighted by atomic mass is 10.1. The molecule has 0 radical (unpaired) electrons. The molecule has 0 aliphatic heterocycles. The summed E-state index contributed by atoms with van der Waals surface area (Å²) in [6.45, 7) is -0.200. The number of fused-ring (bicyclic) bond motifs is 1. The Balaban J connectivity index is 2.41. The second-order valence-corrected chi connectivity index (χ2v) is 4.01. The Morgan fingerprint density at radius 1 is 1.42 bits per heavy atom. The van der Waals surface area contributed by atoms with Gasteiger partial charge in [-0.2, -0.15) is 0 Å². The number of non-ortho nitro benzene ring substituents is 1. The quantitative estimate of drug-likeness (QED) is 0.546. The Hall–Kier alpha value is -2.25. The smallest absolute Gasteiger partial charge is 0.295 e. The Labute approximate surface area is 108 Å². The Kier molecular flexibility index (Phi) is 3.88. The van der Waals surface area contributed by atoms with Crippen LogP contribution >= 0.6 is 0 Å². The summed E-state index contributed by atoms with van der Waals surface area (Å²) < 4.78 is 0. The summed E-state index contributed by atoms with van der Waals surface area (Å²) >= 11 is 0. The van der Waals surface area contributed by atoms with Crippen molar-refractivity contribution in [2.75, 3.05) is 18.5 Å². The third-order valence-electron chi connectivity index (χ3n) is 2.68. The molecule has 7 heteroatoms. The third kappa shape index (κ3) is 2.78. The van der Waals surface area contributed by atoms with Crippen LogP contribution in [0, 0.1) is 10.1 Å². The van der Waals surface area contributed by atoms with E-state index in [0.717, 1.165) is 0 Å². The number of nitro benzene ring substituents is 1. The second-order valence-electron chi connectivity index (χ2n) is 4.01. The van der Waals surface area contributed by atoms with E-state index >= 15 is 0 Å². The highest BCUT2D eigenvalue weighted by Crippen LogP contribution is 2.29. The van der Waals surface area contributed by atoms with Gasteiger partial charge in [0.15, 0.2) is 0 Å². The van der Waals surface area contributed by atoms with Gasteiger partial charge in [-0.05, 0) is 18.2 Å². The van der Waals surface area contributed by atoms with E-state index in [1.807, 2.05) is 0 Å². The van der Waals surface area contributed by atoms with Crippen LogP contribution in [0.4, 0.5) is 11.4 Å². The van der Waals surface area contributed by atoms with E-state index in [2.05, 4.69) is 10.3 Å². The van der Waals surface area contributed by atoms with E-state index in [0.29, 0.717) is 11.1 Å². The monoisotopic (exact) mass is 263 g/mol. The number of rotatable bonds is 5. The summed E-state index contributed by atoms with van der Waals surface area (Å²) in [7, 11) is 0. The van der Waals surface area contributed by atoms with Gasteiger partial charge in [0.05, 0.1) is 17.6 Å². The zero-order valence-corrected chi connectivity index (χ0v) is 9.98. The standard InChI is InChI=1S/C12H13N3O4/c16-7-8(17)6-14-10-3-4-11(15(18)19)12-9(10)2-1-5-13-12/h1-5,8,14,16-17H,6-7H2. The minimum absolute atomic E-state index is 0.0659. The third-order valence-corrected chi connectivity index (χ3v) is 2.68. The number of hydrogen-bond acceptors (Lipinski definition) is 6. The summed E-state index contributed by atoms with van der Waals surface area (Å²) in [6, 6.07) is 6.32. The van der Waals surface area contributed by atoms with Gasteiger partial charge in [-0.3, -0.25) is 10.1 Å². The van der Waals surface area contributed by atoms with Crippen LogP contribution in [-0.4, -0.2) is 39.4 Å². The van der Waals surface area contributed by atoms with Crippen molar-refractivity contribution in [2.24, 2.45) is 0 Å². The van der Waals surface area contributed by atoms with E-state index in [1.165, 1.54) is 12.3 Å². The first-order chi connectivity index (χ1) is 9.13. The van der Waals surface area contributed by atoms with E-state index in [-0.39, 0.29) is 24.4 Å². The molecule has 1 aromatic carbocycles. The van der Waals surface area contributed by atoms with Crippen LogP contribution in [-0.2, 0) is 0 Å². The molecule has 2 rings (SSSR count). The molecular formula is C12H13N3O4. The number of nitrogens with zero attached hydrogens (tertiary/aromatic N) is 2. The van der Waals surface area contributed by atoms with Crippen LogP contribution in [0.25, 0.3) is 10.9 Å². The number of aliphatic hydroxyl groups excluding tert-OH is 2. The zero-order valence-electron chi connectivity index (χ0n) is 9.98. The molecule has 0 saturated heterocycles. The molecule has 0 aliphatic carbocycles. The highest BCUT2D eigenvalue weighted by atomic mass is 16.6. The zero-order chi connectivity index (χ0) is 13.8. The van der Waals surface area contributed by atoms with E-state index < -0.39 is 11.0 Å². The number of hydrogen-bond donors (Lipinski definition) is 3. The number of aromatic nitrogens is 1. The molecule has 0 fully saturated rings. The maximum absolute atomic E-state index is 10.9. The Bertz CT molecular complexity index is 603. The number of aliphatic hydroxyl groups is 2. The lowest BCUT2D eigenvalue weighted by Crippen LogP contribution is -2.23. The number of nitro groups is 1. The summed E-state index contributed by atoms with van der Waals surface area (Å²) in [5.74, 6) is 0. The molecule has 0 spiro atoms. The van der Waals surface area contributed by atoms with Crippen LogP contribution in [0.5, 0.6) is 0 Å². The van der Waals surface area contributed by atoms with Gasteiger partial charge in [0.2, 0.25) is 0 Å². The summed E-state index contributed by atoms with van der Waals surface area (Å²) in [6.07, 6.45) is 0.601. The molecule has 7 nitrogen and oxygen atoms in total. The summed E-state index contributed by atoms with van der Waals surface area (Å²) in [4.78, 5) is 14.4. The molecule has 1 aromatic heterocycles. The first-order valence-corrected chi connectivity index (χ1v) is 5.68. The predicted molar refractivity (Wildman–Crippen MR) is 70.0 cm³/mol. The predicted octanol–water partition coefficient (Wildman–Crippen LogP) is 0.908. The van der Waals surface area contributed by atoms with Crippen molar-refractivity contribution in [1.82, 2.24) is 4.98 Å². The number of anilines is 1. The van der Waals surface area contributed by atoms with Crippen molar-refractivity contribution in [3.8, 4) is 0 Å². The molecule has 100 valence electrons. The minimum Gasteiger partial charge on any atom is -0.394 e. The van der Waals surface area contributed by atoms with Crippen LogP contribution in [0.15, 0.2) is 30.5 Å². The first kappa shape index (κ1) is 13.2. The van der Waals surface area contributed by atoms with E-state index in [9.17, 15) is 15.2 Å². The fourth-order valence-corrected chi connectivity index (χ4v) is 1.75. The maximum Gasteiger partial charge on any atom is 0.295 e. The average molecular weight is 263 g/mol. The first-order valence-electron chi connectivity index (χ1n) is 5.68. The van der Waals surface area contributed by atoms with Gasteiger partial charge in [-0.1, -0.05) is 0 Å². The molecule has 0 saturated carbocycles. The average Bonchev–Trinajstić information content (AvgIpc) is 2.43. The fourth-order valence-electron chi connectivity index (χ4n) is 1.75. The maximum atomic E-state index is 10.9. The molecule has 1 atom stereocenters. The second kappa shape index (κ2) is 5.59. The van der Waals surface area contributed by atoms with Gasteiger partial charge in [0.1, 0.15) is 5.52 Å². The van der Waals surface area contributed by atoms with Gasteiger partial charge >= 0.3 is 0 Å². The lowest BCUT2D eigenvalue weighted by Gasteiger charge is -2.12. The molecular weight excluding hydrogens is 250 g/mol. The van der Waals surface area contributed by atoms with Gasteiger partial charge < -0.3 is 15.5 Å². The van der Waals surface area contributed by atoms with Gasteiger partial charge in [0, 0.05) is 29.9 Å². The van der Waals surface area contributed by atoms with Crippen molar-refractivity contribution < 1.29 is 15.1 Å². The topological polar surface area (TPSA) is 109 Å². The van der Waals surface area contributed by atoms with Gasteiger partial charge in [-0.25, -0.2) is 4.98 Å². The molecule has 0 bridgehead atoms. The van der Waals surface area contributed by atoms with Gasteiger partial charge in [-0.15, -0.1) is 0 Å². The molecule has 0 amide bonds. The van der Waals surface area contributed by atoms with Gasteiger partial charge in [0.25, 0.3) is 5.69 Å². The fraction of sp³-hybridized carbons (Fsp3) is 0.250. The van der Waals surface area contributed by atoms with Crippen molar-refractivity contribution >= 4 is 22.3 Å². The molecule has 19 heavy (non-hydrogen) atoms. The number of benzene rings is 1. The van der Waals surface area contributed by atoms with Crippen molar-refractivity contribution in [1.29, 1.82) is 0 Å². The highest BCUT2D eigenvalue weighted by Gasteiger charge is 2.15. The van der Waals surface area contributed by atoms with Crippen LogP contribution in [0.1, 0.15) is 0 Å². The SMILES string of the molecule is O=[N+]([O-])c1ccc(NCC(O)CO)c2cccnc12. The molecule has 2 aromatic rings. The summed E-state index contributed by atoms with van der Waals surface area (Å²) in [5.41, 5.74) is 0.848. The van der Waals surface area contributed by atoms with E-state index in [1.54, 1.807) is 18.2 Å². The molecule has 1 unspecified atom stereocenters. The highest BCUT2D eigenvalue weighted by molar-refractivity contribution is 5.96. The van der Waals surface area contributed by atoms with Crippen molar-refractivity contribution in [3.63, 3.8) is 0 Å². The van der Waals surface area contributed by atoms with Crippen molar-refractivity contribution in [3.05, 3.63) is 40.6 Å². The van der Waals surface area contributed by atoms with Crippen molar-refractivity contribution in [2.45, 2.75) is 6.10 Å². The normalized spacial score (nSPS) is 12.3. The molecule has 3 N–H and O–H groups in total. The summed E-state index contributed by atoms with van der Waals surface area (Å²) in [5, 5.41) is 32.5. The lowest BCUT2D eigenvalue weighted by molar-refractivity contribution is -0.383. The Morgan fingerprint density at radius 3 is 2.89 bits per heavy atom. The minimum atomic E-state index is -0.887. The Morgan fingerprint density at radius 2 is 2.21 bits per heavy atom. The number of pyridine rings is 1. The van der Waals surface area contributed by atoms with E-state index in [4.69, 9.17) is 5.11 Å².